The lowest BCUT2D eigenvalue weighted by molar-refractivity contribution is 0.0367. The highest BCUT2D eigenvalue weighted by molar-refractivity contribution is 5.99. The summed E-state index contributed by atoms with van der Waals surface area (Å²) < 4.78 is 7.09. The number of fused-ring (bicyclic) bond motifs is 1. The molecule has 21 heavy (non-hydrogen) atoms. The summed E-state index contributed by atoms with van der Waals surface area (Å²) in [5.41, 5.74) is 2.78. The van der Waals surface area contributed by atoms with Gasteiger partial charge in [-0.1, -0.05) is 18.2 Å². The molecule has 2 aromatic rings. The molecule has 0 unspecified atom stereocenters. The molecule has 5 heteroatoms. The molecule has 1 atom stereocenters. The van der Waals surface area contributed by atoms with Crippen molar-refractivity contribution >= 4 is 11.8 Å². The van der Waals surface area contributed by atoms with Crippen molar-refractivity contribution in [2.24, 2.45) is 0 Å². The molecule has 0 fully saturated rings. The van der Waals surface area contributed by atoms with E-state index in [1.54, 1.807) is 23.0 Å². The number of benzene rings is 1. The average molecular weight is 284 g/mol. The van der Waals surface area contributed by atoms with Gasteiger partial charge >= 0.3 is 5.97 Å². The highest BCUT2D eigenvalue weighted by atomic mass is 16.5. The van der Waals surface area contributed by atoms with Crippen molar-refractivity contribution in [1.82, 2.24) is 9.78 Å². The second-order valence-corrected chi connectivity index (χ2v) is 5.07. The van der Waals surface area contributed by atoms with Gasteiger partial charge in [0.25, 0.3) is 0 Å². The summed E-state index contributed by atoms with van der Waals surface area (Å²) in [6.07, 6.45) is 1.24. The number of Topliss-reactive ketones (excluding diaryl/α,β-unsaturated/α-hetero) is 1. The lowest BCUT2D eigenvalue weighted by Gasteiger charge is -2.09. The number of aryl methyl sites for hydroxylation is 1. The highest BCUT2D eigenvalue weighted by Gasteiger charge is 2.32. The maximum atomic E-state index is 12.4. The fourth-order valence-electron chi connectivity index (χ4n) is 2.69. The second kappa shape index (κ2) is 5.16. The van der Waals surface area contributed by atoms with E-state index < -0.39 is 6.10 Å². The third-order valence-electron chi connectivity index (χ3n) is 3.85. The molecule has 5 nitrogen and oxygen atoms in total. The first kappa shape index (κ1) is 13.5. The fourth-order valence-corrected chi connectivity index (χ4v) is 2.69. The quantitative estimate of drug-likeness (QED) is 0.639. The van der Waals surface area contributed by atoms with Crippen LogP contribution in [0, 0.1) is 6.92 Å². The zero-order valence-electron chi connectivity index (χ0n) is 12.0. The van der Waals surface area contributed by atoms with Gasteiger partial charge < -0.3 is 4.74 Å². The van der Waals surface area contributed by atoms with E-state index in [4.69, 9.17) is 4.74 Å². The predicted molar refractivity (Wildman–Crippen MR) is 76.2 cm³/mol. The number of hydrogen-bond acceptors (Lipinski definition) is 4. The number of aromatic nitrogens is 2. The molecule has 3 rings (SSSR count). The van der Waals surface area contributed by atoms with E-state index in [2.05, 4.69) is 5.10 Å². The normalized spacial score (nSPS) is 16.7. The average Bonchev–Trinajstić information content (AvgIpc) is 3.01. The third-order valence-corrected chi connectivity index (χ3v) is 3.85. The minimum absolute atomic E-state index is 0.0540. The Labute approximate surface area is 122 Å². The van der Waals surface area contributed by atoms with E-state index in [0.29, 0.717) is 11.1 Å². The summed E-state index contributed by atoms with van der Waals surface area (Å²) in [6, 6.07) is 7.20. The van der Waals surface area contributed by atoms with Crippen molar-refractivity contribution in [3.8, 4) is 0 Å². The number of esters is 1. The van der Waals surface area contributed by atoms with Crippen molar-refractivity contribution in [2.75, 3.05) is 0 Å². The Bertz CT molecular complexity index is 718. The van der Waals surface area contributed by atoms with Gasteiger partial charge in [0.05, 0.1) is 23.7 Å². The van der Waals surface area contributed by atoms with E-state index in [0.717, 1.165) is 17.8 Å². The Balaban J connectivity index is 1.83. The first-order valence-corrected chi connectivity index (χ1v) is 6.97. The summed E-state index contributed by atoms with van der Waals surface area (Å²) in [5.74, 6) is -0.411. The van der Waals surface area contributed by atoms with Gasteiger partial charge in [-0.15, -0.1) is 0 Å². The van der Waals surface area contributed by atoms with Crippen LogP contribution in [-0.4, -0.2) is 21.5 Å². The monoisotopic (exact) mass is 284 g/mol. The molecule has 0 amide bonds. The summed E-state index contributed by atoms with van der Waals surface area (Å²) in [4.78, 5) is 24.2. The van der Waals surface area contributed by atoms with Gasteiger partial charge in [0.2, 0.25) is 0 Å². The van der Waals surface area contributed by atoms with Crippen LogP contribution in [0.2, 0.25) is 0 Å². The van der Waals surface area contributed by atoms with Crippen molar-refractivity contribution in [3.05, 3.63) is 52.8 Å². The molecule has 2 heterocycles. The van der Waals surface area contributed by atoms with Crippen LogP contribution < -0.4 is 0 Å². The minimum atomic E-state index is -0.495. The molecule has 1 aromatic heterocycles. The molecule has 0 saturated carbocycles. The van der Waals surface area contributed by atoms with Crippen LogP contribution >= 0.6 is 0 Å². The van der Waals surface area contributed by atoms with Crippen molar-refractivity contribution in [3.63, 3.8) is 0 Å². The second-order valence-electron chi connectivity index (χ2n) is 5.07. The summed E-state index contributed by atoms with van der Waals surface area (Å²) in [5, 5.41) is 4.18. The first-order valence-electron chi connectivity index (χ1n) is 6.97. The lowest BCUT2D eigenvalue weighted by Crippen LogP contribution is -2.09. The summed E-state index contributed by atoms with van der Waals surface area (Å²) in [6.45, 7) is 4.57. The molecule has 1 aliphatic heterocycles. The van der Waals surface area contributed by atoms with Gasteiger partial charge in [-0.25, -0.2) is 4.79 Å². The van der Waals surface area contributed by atoms with Crippen LogP contribution in [-0.2, 0) is 11.3 Å². The Morgan fingerprint density at radius 3 is 2.86 bits per heavy atom. The van der Waals surface area contributed by atoms with Crippen molar-refractivity contribution < 1.29 is 14.3 Å². The summed E-state index contributed by atoms with van der Waals surface area (Å²) >= 11 is 0. The number of ether oxygens (including phenoxy) is 1. The molecule has 0 radical (unpaired) electrons. The molecule has 1 aliphatic rings. The van der Waals surface area contributed by atoms with Crippen LogP contribution in [0.15, 0.2) is 30.5 Å². The molecule has 0 bridgehead atoms. The number of hydrogen-bond donors (Lipinski definition) is 0. The van der Waals surface area contributed by atoms with Crippen LogP contribution in [0.25, 0.3) is 0 Å². The molecular formula is C16H16N2O3. The van der Waals surface area contributed by atoms with Crippen LogP contribution in [0.4, 0.5) is 0 Å². The van der Waals surface area contributed by atoms with Crippen molar-refractivity contribution in [2.45, 2.75) is 32.9 Å². The van der Waals surface area contributed by atoms with Crippen LogP contribution in [0.1, 0.15) is 51.4 Å². The Hall–Kier alpha value is -2.43. The maximum Gasteiger partial charge on any atom is 0.339 e. The molecule has 1 aromatic carbocycles. The standard InChI is InChI=1S/C16H16N2O3/c1-3-18-10(2)13(9-17-18)14(19)8-15-11-6-4-5-7-12(11)16(20)21-15/h4-7,9,15H,3,8H2,1-2H3/t15-/m1/s1. The molecule has 108 valence electrons. The summed E-state index contributed by atoms with van der Waals surface area (Å²) in [7, 11) is 0. The molecular weight excluding hydrogens is 268 g/mol. The SMILES string of the molecule is CCn1ncc(C(=O)C[C@H]2OC(=O)c3ccccc32)c1C. The van der Waals surface area contributed by atoms with Crippen molar-refractivity contribution in [1.29, 1.82) is 0 Å². The van der Waals surface area contributed by atoms with Gasteiger partial charge in [0.1, 0.15) is 6.10 Å². The van der Waals surface area contributed by atoms with Gasteiger partial charge in [0.15, 0.2) is 5.78 Å². The van der Waals surface area contributed by atoms with E-state index in [1.807, 2.05) is 26.0 Å². The zero-order valence-corrected chi connectivity index (χ0v) is 12.0. The first-order chi connectivity index (χ1) is 10.1. The molecule has 0 N–H and O–H groups in total. The van der Waals surface area contributed by atoms with E-state index in [-0.39, 0.29) is 18.2 Å². The maximum absolute atomic E-state index is 12.4. The number of carbonyl (C=O) groups excluding carboxylic acids is 2. The Kier molecular flexibility index (Phi) is 3.33. The molecule has 0 saturated heterocycles. The number of carbonyl (C=O) groups is 2. The minimum Gasteiger partial charge on any atom is -0.453 e. The number of nitrogens with zero attached hydrogens (tertiary/aromatic N) is 2. The Morgan fingerprint density at radius 2 is 2.14 bits per heavy atom. The van der Waals surface area contributed by atoms with Gasteiger partial charge in [0, 0.05) is 17.8 Å². The fraction of sp³-hybridized carbons (Fsp3) is 0.312. The third kappa shape index (κ3) is 2.24. The topological polar surface area (TPSA) is 61.2 Å². The Morgan fingerprint density at radius 1 is 1.38 bits per heavy atom. The smallest absolute Gasteiger partial charge is 0.339 e. The van der Waals surface area contributed by atoms with Crippen LogP contribution in [0.5, 0.6) is 0 Å². The molecule has 0 spiro atoms. The van der Waals surface area contributed by atoms with Crippen LogP contribution in [0.3, 0.4) is 0 Å². The van der Waals surface area contributed by atoms with Gasteiger partial charge in [-0.3, -0.25) is 9.48 Å². The highest BCUT2D eigenvalue weighted by Crippen LogP contribution is 2.33. The number of rotatable bonds is 4. The van der Waals surface area contributed by atoms with E-state index in [9.17, 15) is 9.59 Å². The van der Waals surface area contributed by atoms with Gasteiger partial charge in [-0.05, 0) is 19.9 Å². The zero-order chi connectivity index (χ0) is 15.0. The van der Waals surface area contributed by atoms with E-state index >= 15 is 0 Å². The largest absolute Gasteiger partial charge is 0.453 e. The predicted octanol–water partition coefficient (Wildman–Crippen LogP) is 2.70. The number of ketones is 1. The molecule has 0 aliphatic carbocycles. The number of cyclic esters (lactones) is 1. The van der Waals surface area contributed by atoms with Gasteiger partial charge in [-0.2, -0.15) is 5.10 Å². The lowest BCUT2D eigenvalue weighted by atomic mass is 9.99. The van der Waals surface area contributed by atoms with E-state index in [1.165, 1.54) is 0 Å².